The van der Waals surface area contributed by atoms with Crippen molar-refractivity contribution in [3.8, 4) is 0 Å². The molecule has 0 saturated carbocycles. The molecule has 0 aliphatic rings. The lowest BCUT2D eigenvalue weighted by Crippen LogP contribution is -1.99. The molecular weight excluding hydrogens is 156 g/mol. The van der Waals surface area contributed by atoms with Gasteiger partial charge in [-0.3, -0.25) is 0 Å². The maximum absolute atomic E-state index is 2.36. The highest BCUT2D eigenvalue weighted by atomic mass is 14.1. The van der Waals surface area contributed by atoms with E-state index < -0.39 is 0 Å². The minimum absolute atomic E-state index is 0.709. The Labute approximate surface area is 84.4 Å². The number of rotatable bonds is 6. The first kappa shape index (κ1) is 12.7. The molecule has 0 saturated heterocycles. The third-order valence-electron chi connectivity index (χ3n) is 2.22. The molecule has 0 nitrogen and oxygen atoms in total. The van der Waals surface area contributed by atoms with Crippen LogP contribution in [-0.4, -0.2) is 0 Å². The summed E-state index contributed by atoms with van der Waals surface area (Å²) in [6.45, 7) is 11.4. The lowest BCUT2D eigenvalue weighted by Gasteiger charge is -2.12. The zero-order valence-corrected chi connectivity index (χ0v) is 10.0. The van der Waals surface area contributed by atoms with Gasteiger partial charge in [-0.15, -0.1) is 0 Å². The second kappa shape index (κ2) is 7.17. The zero-order valence-electron chi connectivity index (χ0n) is 10.0. The van der Waals surface area contributed by atoms with E-state index in [1.807, 2.05) is 0 Å². The second-order valence-corrected chi connectivity index (χ2v) is 4.98. The molecule has 78 valence electrons. The topological polar surface area (TPSA) is 0 Å². The van der Waals surface area contributed by atoms with E-state index in [1.54, 1.807) is 0 Å². The lowest BCUT2D eigenvalue weighted by molar-refractivity contribution is 0.417. The van der Waals surface area contributed by atoms with E-state index in [1.165, 1.54) is 19.3 Å². The molecule has 0 fully saturated rings. The van der Waals surface area contributed by atoms with E-state index in [0.29, 0.717) is 5.92 Å². The van der Waals surface area contributed by atoms with Gasteiger partial charge in [0, 0.05) is 0 Å². The van der Waals surface area contributed by atoms with Crippen LogP contribution in [0.1, 0.15) is 53.9 Å². The number of hydrogen-bond acceptors (Lipinski definition) is 0. The van der Waals surface area contributed by atoms with Crippen molar-refractivity contribution in [2.24, 2.45) is 17.8 Å². The highest BCUT2D eigenvalue weighted by molar-refractivity contribution is 4.84. The van der Waals surface area contributed by atoms with Crippen molar-refractivity contribution >= 4 is 0 Å². The van der Waals surface area contributed by atoms with Crippen LogP contribution >= 0.6 is 0 Å². The van der Waals surface area contributed by atoms with Gasteiger partial charge in [0.15, 0.2) is 0 Å². The van der Waals surface area contributed by atoms with Crippen molar-refractivity contribution in [2.75, 3.05) is 0 Å². The van der Waals surface area contributed by atoms with Crippen LogP contribution in [0.4, 0.5) is 0 Å². The third-order valence-corrected chi connectivity index (χ3v) is 2.22. The molecule has 0 N–H and O–H groups in total. The van der Waals surface area contributed by atoms with E-state index >= 15 is 0 Å². The predicted molar refractivity (Wildman–Crippen MR) is 61.8 cm³/mol. The molecule has 0 aromatic rings. The fraction of sp³-hybridized carbons (Fsp3) is 0.846. The van der Waals surface area contributed by atoms with Crippen LogP contribution in [0.25, 0.3) is 0 Å². The van der Waals surface area contributed by atoms with Crippen LogP contribution in [0.5, 0.6) is 0 Å². The summed E-state index contributed by atoms with van der Waals surface area (Å²) in [6.07, 6.45) is 8.62. The summed E-state index contributed by atoms with van der Waals surface area (Å²) >= 11 is 0. The van der Waals surface area contributed by atoms with E-state index in [-0.39, 0.29) is 0 Å². The monoisotopic (exact) mass is 182 g/mol. The molecule has 0 spiro atoms. The Morgan fingerprint density at radius 2 is 1.62 bits per heavy atom. The van der Waals surface area contributed by atoms with Crippen molar-refractivity contribution in [1.82, 2.24) is 0 Å². The molecule has 0 aromatic carbocycles. The number of allylic oxidation sites excluding steroid dienone is 2. The molecule has 0 amide bonds. The Hall–Kier alpha value is -0.260. The average molecular weight is 182 g/mol. The predicted octanol–water partition coefficient (Wildman–Crippen LogP) is 4.66. The molecule has 0 aliphatic heterocycles. The van der Waals surface area contributed by atoms with Gasteiger partial charge < -0.3 is 0 Å². The van der Waals surface area contributed by atoms with Gasteiger partial charge in [-0.25, -0.2) is 0 Å². The first-order chi connectivity index (χ1) is 6.02. The van der Waals surface area contributed by atoms with Crippen LogP contribution in [0, 0.1) is 17.8 Å². The van der Waals surface area contributed by atoms with Crippen molar-refractivity contribution in [3.05, 3.63) is 12.2 Å². The molecule has 0 aliphatic carbocycles. The molecule has 1 atom stereocenters. The van der Waals surface area contributed by atoms with E-state index in [4.69, 9.17) is 0 Å². The van der Waals surface area contributed by atoms with Gasteiger partial charge in [0.2, 0.25) is 0 Å². The Bertz CT molecular complexity index is 131. The summed E-state index contributed by atoms with van der Waals surface area (Å²) in [4.78, 5) is 0. The summed E-state index contributed by atoms with van der Waals surface area (Å²) in [6, 6.07) is 0. The molecule has 0 aromatic heterocycles. The normalized spacial score (nSPS) is 14.7. The lowest BCUT2D eigenvalue weighted by atomic mass is 9.94. The molecule has 13 heavy (non-hydrogen) atoms. The molecule has 0 unspecified atom stereocenters. The fourth-order valence-electron chi connectivity index (χ4n) is 1.67. The van der Waals surface area contributed by atoms with Gasteiger partial charge in [-0.2, -0.15) is 0 Å². The summed E-state index contributed by atoms with van der Waals surface area (Å²) in [5.41, 5.74) is 0. The minimum atomic E-state index is 0.709. The molecule has 0 heteroatoms. The SMILES string of the molecule is CC(C)/C=C\CC[C@H](C)CC(C)C. The van der Waals surface area contributed by atoms with Crippen LogP contribution in [-0.2, 0) is 0 Å². The number of hydrogen-bond donors (Lipinski definition) is 0. The third kappa shape index (κ3) is 9.66. The van der Waals surface area contributed by atoms with E-state index in [0.717, 1.165) is 11.8 Å². The summed E-state index contributed by atoms with van der Waals surface area (Å²) in [5, 5.41) is 0. The van der Waals surface area contributed by atoms with Crippen LogP contribution < -0.4 is 0 Å². The highest BCUT2D eigenvalue weighted by Gasteiger charge is 2.03. The van der Waals surface area contributed by atoms with Gasteiger partial charge >= 0.3 is 0 Å². The Balaban J connectivity index is 3.42. The van der Waals surface area contributed by atoms with Gasteiger partial charge in [0.1, 0.15) is 0 Å². The Morgan fingerprint density at radius 1 is 1.00 bits per heavy atom. The molecule has 0 radical (unpaired) electrons. The summed E-state index contributed by atoms with van der Waals surface area (Å²) < 4.78 is 0. The second-order valence-electron chi connectivity index (χ2n) is 4.98. The van der Waals surface area contributed by atoms with Crippen molar-refractivity contribution < 1.29 is 0 Å². The first-order valence-corrected chi connectivity index (χ1v) is 5.69. The van der Waals surface area contributed by atoms with Crippen molar-refractivity contribution in [1.29, 1.82) is 0 Å². The summed E-state index contributed by atoms with van der Waals surface area (Å²) in [7, 11) is 0. The van der Waals surface area contributed by atoms with Gasteiger partial charge in [-0.05, 0) is 37.0 Å². The maximum Gasteiger partial charge on any atom is -0.0290 e. The van der Waals surface area contributed by atoms with Crippen LogP contribution in [0.2, 0.25) is 0 Å². The standard InChI is InChI=1S/C13H26/c1-11(2)8-6-7-9-13(5)10-12(3)4/h6,8,11-13H,7,9-10H2,1-5H3/b8-6-/t13-/m0/s1. The minimum Gasteiger partial charge on any atom is -0.0883 e. The Morgan fingerprint density at radius 3 is 2.08 bits per heavy atom. The summed E-state index contributed by atoms with van der Waals surface area (Å²) in [5.74, 6) is 2.45. The largest absolute Gasteiger partial charge is 0.0883 e. The zero-order chi connectivity index (χ0) is 10.3. The van der Waals surface area contributed by atoms with Crippen LogP contribution in [0.15, 0.2) is 12.2 Å². The molecule has 0 bridgehead atoms. The average Bonchev–Trinajstić information content (AvgIpc) is 1.96. The van der Waals surface area contributed by atoms with E-state index in [2.05, 4.69) is 46.8 Å². The van der Waals surface area contributed by atoms with Gasteiger partial charge in [0.05, 0.1) is 0 Å². The fourth-order valence-corrected chi connectivity index (χ4v) is 1.67. The first-order valence-electron chi connectivity index (χ1n) is 5.69. The van der Waals surface area contributed by atoms with Gasteiger partial charge in [-0.1, -0.05) is 46.8 Å². The smallest absolute Gasteiger partial charge is 0.0290 e. The van der Waals surface area contributed by atoms with Crippen molar-refractivity contribution in [2.45, 2.75) is 53.9 Å². The Kier molecular flexibility index (Phi) is 7.03. The molecule has 0 rings (SSSR count). The maximum atomic E-state index is 2.36. The van der Waals surface area contributed by atoms with Crippen molar-refractivity contribution in [3.63, 3.8) is 0 Å². The molecule has 0 heterocycles. The van der Waals surface area contributed by atoms with Crippen LogP contribution in [0.3, 0.4) is 0 Å². The highest BCUT2D eigenvalue weighted by Crippen LogP contribution is 2.16. The van der Waals surface area contributed by atoms with E-state index in [9.17, 15) is 0 Å². The molecular formula is C13H26. The quantitative estimate of drug-likeness (QED) is 0.524. The van der Waals surface area contributed by atoms with Gasteiger partial charge in [0.25, 0.3) is 0 Å².